The smallest absolute Gasteiger partial charge is 0.328 e. The fourth-order valence-corrected chi connectivity index (χ4v) is 2.18. The first-order valence-electron chi connectivity index (χ1n) is 6.02. The number of anilines is 1. The number of aliphatic carboxylic acids is 1. The maximum Gasteiger partial charge on any atom is 0.328 e. The number of carboxylic acid groups (broad SMARTS) is 1. The first-order chi connectivity index (χ1) is 9.08. The predicted octanol–water partition coefficient (Wildman–Crippen LogP) is 2.29. The normalized spacial score (nSPS) is 15.1. The van der Waals surface area contributed by atoms with Gasteiger partial charge in [0.05, 0.1) is 4.92 Å². The van der Waals surface area contributed by atoms with E-state index in [1.54, 1.807) is 12.1 Å². The van der Waals surface area contributed by atoms with Crippen LogP contribution in [0.3, 0.4) is 0 Å². The molecule has 1 fully saturated rings. The van der Waals surface area contributed by atoms with Crippen LogP contribution in [0.2, 0.25) is 0 Å². The third-order valence-electron chi connectivity index (χ3n) is 3.06. The molecule has 0 aliphatic carbocycles. The molecule has 100 valence electrons. The Bertz CT molecular complexity index is 533. The number of nitrogens with zero attached hydrogens (tertiary/aromatic N) is 2. The van der Waals surface area contributed by atoms with E-state index in [4.69, 9.17) is 5.11 Å². The van der Waals surface area contributed by atoms with E-state index in [0.29, 0.717) is 11.3 Å². The van der Waals surface area contributed by atoms with Gasteiger partial charge in [-0.2, -0.15) is 0 Å². The second-order valence-electron chi connectivity index (χ2n) is 4.37. The molecule has 1 aliphatic heterocycles. The van der Waals surface area contributed by atoms with E-state index in [-0.39, 0.29) is 5.69 Å². The summed E-state index contributed by atoms with van der Waals surface area (Å²) in [7, 11) is 0. The number of nitro benzene ring substituents is 1. The molecule has 0 aromatic heterocycles. The average molecular weight is 262 g/mol. The third-order valence-corrected chi connectivity index (χ3v) is 3.06. The summed E-state index contributed by atoms with van der Waals surface area (Å²) in [6, 6.07) is 4.79. The van der Waals surface area contributed by atoms with Crippen LogP contribution in [-0.4, -0.2) is 29.1 Å². The molecular weight excluding hydrogens is 248 g/mol. The lowest BCUT2D eigenvalue weighted by Gasteiger charge is -2.17. The fourth-order valence-electron chi connectivity index (χ4n) is 2.18. The Balaban J connectivity index is 2.34. The molecule has 1 saturated heterocycles. The third kappa shape index (κ3) is 3.09. The van der Waals surface area contributed by atoms with Crippen molar-refractivity contribution in [2.45, 2.75) is 12.8 Å². The molecule has 19 heavy (non-hydrogen) atoms. The summed E-state index contributed by atoms with van der Waals surface area (Å²) >= 11 is 0. The molecule has 0 amide bonds. The van der Waals surface area contributed by atoms with Gasteiger partial charge < -0.3 is 10.0 Å². The molecule has 1 aromatic carbocycles. The van der Waals surface area contributed by atoms with Gasteiger partial charge in [0, 0.05) is 25.2 Å². The molecule has 6 heteroatoms. The minimum Gasteiger partial charge on any atom is -0.478 e. The number of rotatable bonds is 4. The van der Waals surface area contributed by atoms with Crippen molar-refractivity contribution in [1.29, 1.82) is 0 Å². The van der Waals surface area contributed by atoms with Gasteiger partial charge in [0.1, 0.15) is 5.69 Å². The van der Waals surface area contributed by atoms with Crippen LogP contribution in [-0.2, 0) is 4.79 Å². The summed E-state index contributed by atoms with van der Waals surface area (Å²) < 4.78 is 0. The van der Waals surface area contributed by atoms with E-state index < -0.39 is 10.9 Å². The molecule has 0 atom stereocenters. The Morgan fingerprint density at radius 3 is 2.63 bits per heavy atom. The fraction of sp³-hybridized carbons (Fsp3) is 0.308. The van der Waals surface area contributed by atoms with Crippen LogP contribution < -0.4 is 4.90 Å². The topological polar surface area (TPSA) is 83.7 Å². The first kappa shape index (κ1) is 13.1. The van der Waals surface area contributed by atoms with E-state index in [0.717, 1.165) is 32.0 Å². The van der Waals surface area contributed by atoms with Crippen molar-refractivity contribution in [2.24, 2.45) is 0 Å². The SMILES string of the molecule is O=C(O)C=Cc1ccc(N2CCCC2)c([N+](=O)[O-])c1. The molecule has 0 saturated carbocycles. The highest BCUT2D eigenvalue weighted by atomic mass is 16.6. The summed E-state index contributed by atoms with van der Waals surface area (Å²) in [4.78, 5) is 23.1. The molecule has 0 bridgehead atoms. The minimum absolute atomic E-state index is 0.0226. The van der Waals surface area contributed by atoms with Crippen LogP contribution in [0.1, 0.15) is 18.4 Å². The molecule has 6 nitrogen and oxygen atoms in total. The Labute approximate surface area is 110 Å². The number of carbonyl (C=O) groups is 1. The van der Waals surface area contributed by atoms with Gasteiger partial charge in [0.25, 0.3) is 5.69 Å². The molecule has 1 N–H and O–H groups in total. The van der Waals surface area contributed by atoms with Crippen molar-refractivity contribution in [3.05, 3.63) is 40.0 Å². The largest absolute Gasteiger partial charge is 0.478 e. The zero-order valence-electron chi connectivity index (χ0n) is 10.3. The van der Waals surface area contributed by atoms with Crippen molar-refractivity contribution in [3.63, 3.8) is 0 Å². The van der Waals surface area contributed by atoms with Gasteiger partial charge in [-0.15, -0.1) is 0 Å². The molecule has 1 aliphatic rings. The minimum atomic E-state index is -1.08. The zero-order valence-corrected chi connectivity index (χ0v) is 10.3. The highest BCUT2D eigenvalue weighted by Crippen LogP contribution is 2.31. The maximum atomic E-state index is 11.1. The molecule has 0 radical (unpaired) electrons. The van der Waals surface area contributed by atoms with Crippen molar-refractivity contribution in [2.75, 3.05) is 18.0 Å². The average Bonchev–Trinajstić information content (AvgIpc) is 2.89. The molecule has 0 unspecified atom stereocenters. The molecular formula is C13H14N2O4. The van der Waals surface area contributed by atoms with Crippen molar-refractivity contribution >= 4 is 23.4 Å². The van der Waals surface area contributed by atoms with Crippen LogP contribution in [0, 0.1) is 10.1 Å². The lowest BCUT2D eigenvalue weighted by atomic mass is 10.1. The van der Waals surface area contributed by atoms with Crippen LogP contribution >= 0.6 is 0 Å². The van der Waals surface area contributed by atoms with Gasteiger partial charge in [-0.25, -0.2) is 4.79 Å². The number of hydrogen-bond donors (Lipinski definition) is 1. The Morgan fingerprint density at radius 2 is 2.05 bits per heavy atom. The number of benzene rings is 1. The lowest BCUT2D eigenvalue weighted by molar-refractivity contribution is -0.384. The molecule has 1 aromatic rings. The van der Waals surface area contributed by atoms with Gasteiger partial charge in [0.2, 0.25) is 0 Å². The summed E-state index contributed by atoms with van der Waals surface area (Å²) in [6.07, 6.45) is 4.40. The summed E-state index contributed by atoms with van der Waals surface area (Å²) in [5, 5.41) is 19.7. The highest BCUT2D eigenvalue weighted by molar-refractivity contribution is 5.85. The Hall–Kier alpha value is -2.37. The number of hydrogen-bond acceptors (Lipinski definition) is 4. The molecule has 2 rings (SSSR count). The van der Waals surface area contributed by atoms with Gasteiger partial charge in [-0.1, -0.05) is 6.07 Å². The van der Waals surface area contributed by atoms with Gasteiger partial charge >= 0.3 is 5.97 Å². The first-order valence-corrected chi connectivity index (χ1v) is 6.02. The molecule has 0 spiro atoms. The molecule has 1 heterocycles. The number of carboxylic acids is 1. The standard InChI is InChI=1S/C13H14N2O4/c16-13(17)6-4-10-3-5-11(12(9-10)15(18)19)14-7-1-2-8-14/h3-6,9H,1-2,7-8H2,(H,16,17). The van der Waals surface area contributed by atoms with E-state index in [9.17, 15) is 14.9 Å². The quantitative estimate of drug-likeness (QED) is 0.511. The highest BCUT2D eigenvalue weighted by Gasteiger charge is 2.22. The van der Waals surface area contributed by atoms with Crippen molar-refractivity contribution in [1.82, 2.24) is 0 Å². The van der Waals surface area contributed by atoms with Crippen LogP contribution in [0.25, 0.3) is 6.08 Å². The number of nitro groups is 1. The summed E-state index contributed by atoms with van der Waals surface area (Å²) in [6.45, 7) is 1.65. The van der Waals surface area contributed by atoms with Crippen molar-refractivity contribution in [3.8, 4) is 0 Å². The Morgan fingerprint density at radius 1 is 1.37 bits per heavy atom. The predicted molar refractivity (Wildman–Crippen MR) is 71.2 cm³/mol. The Kier molecular flexibility index (Phi) is 3.79. The van der Waals surface area contributed by atoms with Gasteiger partial charge in [-0.3, -0.25) is 10.1 Å². The van der Waals surface area contributed by atoms with E-state index in [1.807, 2.05) is 4.90 Å². The van der Waals surface area contributed by atoms with E-state index in [1.165, 1.54) is 12.1 Å². The van der Waals surface area contributed by atoms with E-state index >= 15 is 0 Å². The summed E-state index contributed by atoms with van der Waals surface area (Å²) in [5.41, 5.74) is 1.14. The lowest BCUT2D eigenvalue weighted by Crippen LogP contribution is -2.18. The van der Waals surface area contributed by atoms with Crippen LogP contribution in [0.5, 0.6) is 0 Å². The zero-order chi connectivity index (χ0) is 13.8. The van der Waals surface area contributed by atoms with Crippen LogP contribution in [0.4, 0.5) is 11.4 Å². The van der Waals surface area contributed by atoms with Gasteiger partial charge in [-0.05, 0) is 30.5 Å². The maximum absolute atomic E-state index is 11.1. The second-order valence-corrected chi connectivity index (χ2v) is 4.37. The van der Waals surface area contributed by atoms with Crippen LogP contribution in [0.15, 0.2) is 24.3 Å². The monoisotopic (exact) mass is 262 g/mol. The van der Waals surface area contributed by atoms with Gasteiger partial charge in [0.15, 0.2) is 0 Å². The second kappa shape index (κ2) is 5.51. The summed E-state index contributed by atoms with van der Waals surface area (Å²) in [5.74, 6) is -1.08. The van der Waals surface area contributed by atoms with E-state index in [2.05, 4.69) is 0 Å². The van der Waals surface area contributed by atoms with Crippen molar-refractivity contribution < 1.29 is 14.8 Å².